The largest absolute Gasteiger partial charge is 1.00 e. The smallest absolute Gasteiger partial charge is 0.550 e. The van der Waals surface area contributed by atoms with E-state index in [9.17, 15) is 39.6 Å². The molecule has 0 aromatic heterocycles. The second kappa shape index (κ2) is 13.4. The van der Waals surface area contributed by atoms with E-state index >= 15 is 0 Å². The minimum Gasteiger partial charge on any atom is -0.550 e. The Hall–Kier alpha value is -0.220. The van der Waals surface area contributed by atoms with E-state index in [-0.39, 0.29) is 110 Å². The van der Waals surface area contributed by atoms with Crippen LogP contribution in [0.15, 0.2) is 11.6 Å². The molecule has 5 aliphatic rings. The summed E-state index contributed by atoms with van der Waals surface area (Å²) in [6, 6.07) is 0. The number of allylic oxidation sites excluding steroid dienone is 2. The average Bonchev–Trinajstić information content (AvgIpc) is 2.88. The van der Waals surface area contributed by atoms with Gasteiger partial charge in [-0.1, -0.05) is 54.0 Å². The molecule has 0 heterocycles. The van der Waals surface area contributed by atoms with Gasteiger partial charge < -0.3 is 34.8 Å². The van der Waals surface area contributed by atoms with Crippen molar-refractivity contribution in [1.29, 1.82) is 0 Å². The molecular formula is C34H49Na2O8-. The number of aliphatic hydroxyl groups excluding tert-OH is 1. The second-order valence-electron chi connectivity index (χ2n) is 16.2. The fourth-order valence-electron chi connectivity index (χ4n) is 10.6. The molecule has 0 amide bonds. The van der Waals surface area contributed by atoms with Gasteiger partial charge in [0.2, 0.25) is 0 Å². The normalized spacial score (nSPS) is 43.4. The SMILES string of the molecule is CC1(C)[C@@H](O)CC[C@]2(C)[C@H]3C(=O)C=C4[C@@H]5C[C@@](C)(C(=O)[O-])CC[C@]5(C)CC[C@@]4(C)[C@]3(C)CC[C@@H]12.O=C([O-])CCC(=O)[O-].[Na+].[Na+]. The summed E-state index contributed by atoms with van der Waals surface area (Å²) in [4.78, 5) is 45.3. The van der Waals surface area contributed by atoms with Crippen molar-refractivity contribution in [3.63, 3.8) is 0 Å². The molecule has 0 aromatic carbocycles. The number of carbonyl (C=O) groups excluding carboxylic acids is 4. The molecular weight excluding hydrogens is 582 g/mol. The van der Waals surface area contributed by atoms with Gasteiger partial charge in [-0.3, -0.25) is 4.79 Å². The number of rotatable bonds is 4. The van der Waals surface area contributed by atoms with Gasteiger partial charge in [0.15, 0.2) is 5.78 Å². The minimum atomic E-state index is -1.37. The summed E-state index contributed by atoms with van der Waals surface area (Å²) in [5.41, 5.74) is -0.0781. The molecule has 10 heteroatoms. The van der Waals surface area contributed by atoms with Crippen molar-refractivity contribution >= 4 is 23.7 Å². The third-order valence-electron chi connectivity index (χ3n) is 13.6. The first kappa shape index (κ1) is 40.0. The van der Waals surface area contributed by atoms with E-state index in [1.165, 1.54) is 5.57 Å². The molecule has 0 bridgehead atoms. The summed E-state index contributed by atoms with van der Waals surface area (Å²) in [5.74, 6) is -3.00. The van der Waals surface area contributed by atoms with Crippen molar-refractivity contribution in [3.8, 4) is 0 Å². The van der Waals surface area contributed by atoms with Crippen LogP contribution in [-0.2, 0) is 19.2 Å². The first-order valence-electron chi connectivity index (χ1n) is 15.7. The molecule has 1 N–H and O–H groups in total. The van der Waals surface area contributed by atoms with E-state index in [0.717, 1.165) is 44.9 Å². The van der Waals surface area contributed by atoms with E-state index < -0.39 is 36.2 Å². The number of aliphatic carboxylic acids is 3. The van der Waals surface area contributed by atoms with Crippen LogP contribution in [0.4, 0.5) is 0 Å². The van der Waals surface area contributed by atoms with Crippen LogP contribution >= 0.6 is 0 Å². The van der Waals surface area contributed by atoms with E-state index in [1.807, 2.05) is 13.0 Å². The number of hydrogen-bond acceptors (Lipinski definition) is 8. The zero-order valence-corrected chi connectivity index (χ0v) is 32.5. The van der Waals surface area contributed by atoms with E-state index in [0.29, 0.717) is 18.8 Å². The third-order valence-corrected chi connectivity index (χ3v) is 13.6. The number of aliphatic hydroxyl groups is 1. The van der Waals surface area contributed by atoms with E-state index in [2.05, 4.69) is 41.5 Å². The quantitative estimate of drug-likeness (QED) is 0.312. The van der Waals surface area contributed by atoms with Gasteiger partial charge in [0.05, 0.1) is 6.10 Å². The number of carboxylic acid groups (broad SMARTS) is 3. The van der Waals surface area contributed by atoms with Crippen molar-refractivity contribution < 1.29 is 98.7 Å². The maximum absolute atomic E-state index is 14.2. The minimum absolute atomic E-state index is 0. The van der Waals surface area contributed by atoms with Gasteiger partial charge >= 0.3 is 59.1 Å². The molecule has 5 rings (SSSR count). The topological polar surface area (TPSA) is 158 Å². The van der Waals surface area contributed by atoms with Gasteiger partial charge in [-0.2, -0.15) is 0 Å². The summed E-state index contributed by atoms with van der Waals surface area (Å²) in [7, 11) is 0. The fourth-order valence-corrected chi connectivity index (χ4v) is 10.6. The first-order chi connectivity index (χ1) is 19.2. The Kier molecular flexibility index (Phi) is 12.1. The molecule has 44 heavy (non-hydrogen) atoms. The Morgan fingerprint density at radius 3 is 1.89 bits per heavy atom. The second-order valence-corrected chi connectivity index (χ2v) is 16.2. The summed E-state index contributed by atoms with van der Waals surface area (Å²) in [6.45, 7) is 15.7. The van der Waals surface area contributed by atoms with Crippen LogP contribution in [0.25, 0.3) is 0 Å². The zero-order valence-electron chi connectivity index (χ0n) is 28.5. The van der Waals surface area contributed by atoms with Gasteiger partial charge in [-0.05, 0) is 116 Å². The van der Waals surface area contributed by atoms with Gasteiger partial charge in [-0.15, -0.1) is 0 Å². The van der Waals surface area contributed by atoms with Crippen LogP contribution in [0.3, 0.4) is 0 Å². The third kappa shape index (κ3) is 6.33. The first-order valence-corrected chi connectivity index (χ1v) is 15.7. The van der Waals surface area contributed by atoms with E-state index in [1.54, 1.807) is 0 Å². The predicted octanol–water partition coefficient (Wildman–Crippen LogP) is -3.65. The summed E-state index contributed by atoms with van der Waals surface area (Å²) in [5, 5.41) is 42.0. The Morgan fingerprint density at radius 1 is 0.818 bits per heavy atom. The van der Waals surface area contributed by atoms with Gasteiger partial charge in [0.1, 0.15) is 0 Å². The maximum Gasteiger partial charge on any atom is 1.00 e. The van der Waals surface area contributed by atoms with Gasteiger partial charge in [0, 0.05) is 29.2 Å². The van der Waals surface area contributed by atoms with Gasteiger partial charge in [0.25, 0.3) is 0 Å². The van der Waals surface area contributed by atoms with Crippen LogP contribution < -0.4 is 74.4 Å². The molecule has 0 radical (unpaired) electrons. The number of carboxylic acids is 3. The number of hydrogen-bond donors (Lipinski definition) is 1. The van der Waals surface area contributed by atoms with Crippen LogP contribution in [0.2, 0.25) is 0 Å². The summed E-state index contributed by atoms with van der Waals surface area (Å²) >= 11 is 0. The standard InChI is InChI=1S/C30H46O4.C4H6O4.2Na/c1-25(2)21-8-11-30(7)23(28(21,5)10-9-22(25)32)20(31)16-18-19-17-27(4,24(33)34)13-12-26(19,3)14-15-29(18,30)6;5-3(6)1-2-4(7)8;;/h16,19,21-23,32H,8-15,17H2,1-7H3,(H,33,34);1-2H2,(H,5,6)(H,7,8);;/q;;2*+1/p-3/t19-,21-,22-,23+,26+,27-,28-,29+,30+;;;/m0.../s1. The molecule has 236 valence electrons. The molecule has 4 fully saturated rings. The Balaban J connectivity index is 0.000000599. The van der Waals surface area contributed by atoms with Crippen molar-refractivity contribution in [2.75, 3.05) is 0 Å². The molecule has 0 spiro atoms. The molecule has 0 aliphatic heterocycles. The Morgan fingerprint density at radius 2 is 1.36 bits per heavy atom. The molecule has 0 saturated heterocycles. The molecule has 5 aliphatic carbocycles. The molecule has 9 atom stereocenters. The monoisotopic (exact) mass is 631 g/mol. The molecule has 0 unspecified atom stereocenters. The number of fused-ring (bicyclic) bond motifs is 7. The van der Waals surface area contributed by atoms with Gasteiger partial charge in [-0.25, -0.2) is 0 Å². The van der Waals surface area contributed by atoms with Crippen LogP contribution in [0, 0.1) is 50.2 Å². The molecule has 4 saturated carbocycles. The van der Waals surface area contributed by atoms with Crippen molar-refractivity contribution in [3.05, 3.63) is 11.6 Å². The zero-order chi connectivity index (χ0) is 31.7. The average molecular weight is 632 g/mol. The maximum atomic E-state index is 14.2. The van der Waals surface area contributed by atoms with Crippen molar-refractivity contribution in [2.45, 2.75) is 125 Å². The number of carbonyl (C=O) groups is 4. The van der Waals surface area contributed by atoms with Crippen molar-refractivity contribution in [1.82, 2.24) is 0 Å². The Bertz CT molecular complexity index is 1190. The molecule has 0 aromatic rings. The van der Waals surface area contributed by atoms with E-state index in [4.69, 9.17) is 0 Å². The summed E-state index contributed by atoms with van der Waals surface area (Å²) < 4.78 is 0. The van der Waals surface area contributed by atoms with Crippen molar-refractivity contribution in [2.24, 2.45) is 50.2 Å². The Labute approximate surface area is 307 Å². The predicted molar refractivity (Wildman–Crippen MR) is 150 cm³/mol. The summed E-state index contributed by atoms with van der Waals surface area (Å²) in [6.07, 6.45) is 8.75. The van der Waals surface area contributed by atoms with Crippen LogP contribution in [0.5, 0.6) is 0 Å². The molecule has 8 nitrogen and oxygen atoms in total. The van der Waals surface area contributed by atoms with Crippen LogP contribution in [0.1, 0.15) is 119 Å². The van der Waals surface area contributed by atoms with Crippen LogP contribution in [-0.4, -0.2) is 34.9 Å². The number of ketones is 1. The fraction of sp³-hybridized carbons (Fsp3) is 0.824.